The van der Waals surface area contributed by atoms with Crippen LogP contribution in [0.2, 0.25) is 0 Å². The molecule has 0 aliphatic carbocycles. The first-order valence-electron chi connectivity index (χ1n) is 6.27. The summed E-state index contributed by atoms with van der Waals surface area (Å²) in [6.07, 6.45) is -0.971. The van der Waals surface area contributed by atoms with Crippen LogP contribution in [0.25, 0.3) is 0 Å². The van der Waals surface area contributed by atoms with Crippen LogP contribution in [-0.4, -0.2) is 23.9 Å². The van der Waals surface area contributed by atoms with Crippen molar-refractivity contribution >= 4 is 17.8 Å². The number of hydrazine groups is 1. The Bertz CT molecular complexity index is 485. The summed E-state index contributed by atoms with van der Waals surface area (Å²) in [5.74, 6) is -1.82. The van der Waals surface area contributed by atoms with Gasteiger partial charge in [0.15, 0.2) is 6.10 Å². The second kappa shape index (κ2) is 7.28. The lowest BCUT2D eigenvalue weighted by atomic mass is 10.2. The summed E-state index contributed by atoms with van der Waals surface area (Å²) in [7, 11) is 0. The minimum Gasteiger partial charge on any atom is -0.452 e. The Morgan fingerprint density at radius 2 is 1.60 bits per heavy atom. The van der Waals surface area contributed by atoms with Crippen molar-refractivity contribution in [3.05, 3.63) is 35.9 Å². The van der Waals surface area contributed by atoms with E-state index in [1.807, 2.05) is 0 Å². The molecule has 0 aliphatic rings. The van der Waals surface area contributed by atoms with Crippen molar-refractivity contribution in [2.24, 2.45) is 5.92 Å². The average molecular weight is 278 g/mol. The maximum absolute atomic E-state index is 11.7. The number of hydrogen-bond donors (Lipinski definition) is 2. The fourth-order valence-electron chi connectivity index (χ4n) is 1.25. The highest BCUT2D eigenvalue weighted by Gasteiger charge is 2.20. The van der Waals surface area contributed by atoms with Crippen molar-refractivity contribution in [2.45, 2.75) is 26.9 Å². The van der Waals surface area contributed by atoms with Crippen molar-refractivity contribution in [3.8, 4) is 0 Å². The topological polar surface area (TPSA) is 84.5 Å². The first kappa shape index (κ1) is 15.7. The molecule has 6 heteroatoms. The van der Waals surface area contributed by atoms with Crippen LogP contribution in [0.1, 0.15) is 31.1 Å². The van der Waals surface area contributed by atoms with Crippen LogP contribution in [0.15, 0.2) is 30.3 Å². The van der Waals surface area contributed by atoms with Gasteiger partial charge < -0.3 is 4.74 Å². The van der Waals surface area contributed by atoms with Gasteiger partial charge in [0.2, 0.25) is 0 Å². The van der Waals surface area contributed by atoms with Gasteiger partial charge in [-0.2, -0.15) is 0 Å². The van der Waals surface area contributed by atoms with Gasteiger partial charge >= 0.3 is 5.97 Å². The van der Waals surface area contributed by atoms with Gasteiger partial charge in [0.05, 0.1) is 5.92 Å². The molecular weight excluding hydrogens is 260 g/mol. The normalized spacial score (nSPS) is 11.6. The maximum atomic E-state index is 11.7. The molecule has 0 saturated carbocycles. The van der Waals surface area contributed by atoms with Gasteiger partial charge in [-0.25, -0.2) is 0 Å². The minimum absolute atomic E-state index is 0.316. The third-order valence-corrected chi connectivity index (χ3v) is 2.47. The molecule has 2 N–H and O–H groups in total. The van der Waals surface area contributed by atoms with Crippen LogP contribution in [0, 0.1) is 5.92 Å². The predicted octanol–water partition coefficient (Wildman–Crippen LogP) is 1.04. The van der Waals surface area contributed by atoms with Crippen LogP contribution in [0.4, 0.5) is 0 Å². The molecule has 0 bridgehead atoms. The number of rotatable bonds is 4. The largest absolute Gasteiger partial charge is 0.452 e. The molecule has 1 aromatic carbocycles. The molecule has 0 aliphatic heterocycles. The fraction of sp³-hybridized carbons (Fsp3) is 0.357. The van der Waals surface area contributed by atoms with E-state index in [0.29, 0.717) is 5.56 Å². The first-order valence-corrected chi connectivity index (χ1v) is 6.27. The number of hydrogen-bond acceptors (Lipinski definition) is 4. The lowest BCUT2D eigenvalue weighted by Crippen LogP contribution is -2.47. The Balaban J connectivity index is 2.43. The van der Waals surface area contributed by atoms with Gasteiger partial charge in [-0.1, -0.05) is 32.0 Å². The number of amides is 2. The number of carbonyl (C=O) groups is 3. The minimum atomic E-state index is -0.971. The second-order valence-corrected chi connectivity index (χ2v) is 4.54. The summed E-state index contributed by atoms with van der Waals surface area (Å²) in [4.78, 5) is 34.6. The summed E-state index contributed by atoms with van der Waals surface area (Å²) in [6, 6.07) is 8.43. The molecule has 0 radical (unpaired) electrons. The van der Waals surface area contributed by atoms with Gasteiger partial charge in [-0.3, -0.25) is 25.2 Å². The number of nitrogens with one attached hydrogen (secondary N) is 2. The first-order chi connectivity index (χ1) is 9.41. The summed E-state index contributed by atoms with van der Waals surface area (Å²) in [6.45, 7) is 4.78. The zero-order valence-corrected chi connectivity index (χ0v) is 11.7. The van der Waals surface area contributed by atoms with Crippen LogP contribution in [0.3, 0.4) is 0 Å². The van der Waals surface area contributed by atoms with E-state index in [2.05, 4.69) is 10.9 Å². The van der Waals surface area contributed by atoms with E-state index in [9.17, 15) is 14.4 Å². The summed E-state index contributed by atoms with van der Waals surface area (Å²) in [5, 5.41) is 0. The Kier molecular flexibility index (Phi) is 5.71. The van der Waals surface area contributed by atoms with Crippen molar-refractivity contribution < 1.29 is 19.1 Å². The summed E-state index contributed by atoms with van der Waals surface area (Å²) < 4.78 is 4.91. The smallest absolute Gasteiger partial charge is 0.309 e. The monoisotopic (exact) mass is 278 g/mol. The van der Waals surface area contributed by atoms with Crippen LogP contribution < -0.4 is 10.9 Å². The lowest BCUT2D eigenvalue weighted by Gasteiger charge is -2.15. The Morgan fingerprint density at radius 3 is 2.15 bits per heavy atom. The lowest BCUT2D eigenvalue weighted by molar-refractivity contribution is -0.158. The molecule has 0 fully saturated rings. The van der Waals surface area contributed by atoms with Gasteiger partial charge in [0.25, 0.3) is 11.8 Å². The molecule has 1 atom stereocenters. The van der Waals surface area contributed by atoms with Gasteiger partial charge in [0, 0.05) is 5.56 Å². The van der Waals surface area contributed by atoms with Gasteiger partial charge in [0.1, 0.15) is 0 Å². The highest BCUT2D eigenvalue weighted by atomic mass is 16.5. The fourth-order valence-corrected chi connectivity index (χ4v) is 1.25. The SMILES string of the molecule is CC(C)C(=O)O[C@@H](C)C(=O)NNC(=O)c1ccccc1. The second-order valence-electron chi connectivity index (χ2n) is 4.54. The number of benzene rings is 1. The van der Waals surface area contributed by atoms with Crippen molar-refractivity contribution in [1.82, 2.24) is 10.9 Å². The Hall–Kier alpha value is -2.37. The molecule has 0 saturated heterocycles. The number of carbonyl (C=O) groups excluding carboxylic acids is 3. The summed E-state index contributed by atoms with van der Waals surface area (Å²) >= 11 is 0. The number of esters is 1. The van der Waals surface area contributed by atoms with E-state index >= 15 is 0 Å². The molecule has 6 nitrogen and oxygen atoms in total. The molecule has 108 valence electrons. The van der Waals surface area contributed by atoms with Crippen LogP contribution in [-0.2, 0) is 14.3 Å². The summed E-state index contributed by atoms with van der Waals surface area (Å²) in [5.41, 5.74) is 4.88. The highest BCUT2D eigenvalue weighted by molar-refractivity contribution is 5.95. The quantitative estimate of drug-likeness (QED) is 0.636. The van der Waals surface area contributed by atoms with Crippen molar-refractivity contribution in [3.63, 3.8) is 0 Å². The van der Waals surface area contributed by atoms with Crippen LogP contribution >= 0.6 is 0 Å². The molecule has 2 amide bonds. The van der Waals surface area contributed by atoms with E-state index in [1.54, 1.807) is 44.2 Å². The van der Waals surface area contributed by atoms with Gasteiger partial charge in [-0.05, 0) is 19.1 Å². The number of ether oxygens (including phenoxy) is 1. The van der Waals surface area contributed by atoms with E-state index < -0.39 is 23.9 Å². The van der Waals surface area contributed by atoms with Crippen molar-refractivity contribution in [2.75, 3.05) is 0 Å². The molecule has 0 unspecified atom stereocenters. The van der Waals surface area contributed by atoms with E-state index in [1.165, 1.54) is 6.92 Å². The van der Waals surface area contributed by atoms with E-state index in [4.69, 9.17) is 4.74 Å². The third-order valence-electron chi connectivity index (χ3n) is 2.47. The van der Waals surface area contributed by atoms with Gasteiger partial charge in [-0.15, -0.1) is 0 Å². The zero-order valence-electron chi connectivity index (χ0n) is 11.7. The molecule has 0 spiro atoms. The molecule has 1 rings (SSSR count). The molecule has 1 aromatic rings. The third kappa shape index (κ3) is 4.72. The van der Waals surface area contributed by atoms with E-state index in [0.717, 1.165) is 0 Å². The highest BCUT2D eigenvalue weighted by Crippen LogP contribution is 2.01. The Labute approximate surface area is 117 Å². The van der Waals surface area contributed by atoms with Crippen molar-refractivity contribution in [1.29, 1.82) is 0 Å². The molecular formula is C14H18N2O4. The molecule has 0 aromatic heterocycles. The Morgan fingerprint density at radius 1 is 1.00 bits per heavy atom. The standard InChI is InChI=1S/C14H18N2O4/c1-9(2)14(19)20-10(3)12(17)15-16-13(18)11-7-5-4-6-8-11/h4-10H,1-3H3,(H,15,17)(H,16,18)/t10-/m0/s1. The molecule has 0 heterocycles. The average Bonchev–Trinajstić information content (AvgIpc) is 2.44. The predicted molar refractivity (Wildman–Crippen MR) is 72.4 cm³/mol. The molecule has 20 heavy (non-hydrogen) atoms. The zero-order chi connectivity index (χ0) is 15.1. The van der Waals surface area contributed by atoms with E-state index in [-0.39, 0.29) is 5.92 Å². The maximum Gasteiger partial charge on any atom is 0.309 e. The van der Waals surface area contributed by atoms with Crippen LogP contribution in [0.5, 0.6) is 0 Å².